The van der Waals surface area contributed by atoms with Crippen LogP contribution >= 0.6 is 12.2 Å². The summed E-state index contributed by atoms with van der Waals surface area (Å²) in [7, 11) is 0. The third-order valence-corrected chi connectivity index (χ3v) is 1.95. The number of nitrogens with zero attached hydrogens (tertiary/aromatic N) is 3. The molecule has 0 aromatic carbocycles. The number of aromatic nitrogens is 1. The van der Waals surface area contributed by atoms with Crippen molar-refractivity contribution < 1.29 is 0 Å². The van der Waals surface area contributed by atoms with Crippen molar-refractivity contribution in [1.29, 1.82) is 0 Å². The van der Waals surface area contributed by atoms with Gasteiger partial charge in [-0.1, -0.05) is 6.07 Å². The third-order valence-electron chi connectivity index (χ3n) is 1.86. The first-order valence-corrected chi connectivity index (χ1v) is 5.32. The maximum absolute atomic E-state index is 5.25. The highest BCUT2D eigenvalue weighted by atomic mass is 32.1. The highest BCUT2D eigenvalue weighted by molar-refractivity contribution is 7.80. The van der Waals surface area contributed by atoms with Crippen molar-refractivity contribution in [3.05, 3.63) is 24.4 Å². The van der Waals surface area contributed by atoms with Crippen LogP contribution in [0.25, 0.3) is 0 Å². The van der Waals surface area contributed by atoms with Gasteiger partial charge in [-0.05, 0) is 38.2 Å². The van der Waals surface area contributed by atoms with Gasteiger partial charge in [0.2, 0.25) is 0 Å². The predicted molar refractivity (Wildman–Crippen MR) is 74.0 cm³/mol. The molecule has 6 nitrogen and oxygen atoms in total. The minimum atomic E-state index is 0.120. The van der Waals surface area contributed by atoms with Gasteiger partial charge in [0, 0.05) is 6.20 Å². The minimum Gasteiger partial charge on any atom is -0.375 e. The molecule has 0 fully saturated rings. The molecule has 0 aliphatic heterocycles. The molecule has 0 atom stereocenters. The van der Waals surface area contributed by atoms with Crippen LogP contribution in [0.2, 0.25) is 0 Å². The van der Waals surface area contributed by atoms with Gasteiger partial charge in [-0.25, -0.2) is 4.98 Å². The molecule has 0 saturated carbocycles. The van der Waals surface area contributed by atoms with Crippen molar-refractivity contribution in [1.82, 2.24) is 10.4 Å². The van der Waals surface area contributed by atoms with Crippen LogP contribution in [0, 0.1) is 0 Å². The topological polar surface area (TPSA) is 87.7 Å². The molecule has 4 N–H and O–H groups in total. The summed E-state index contributed by atoms with van der Waals surface area (Å²) in [5, 5.41) is 8.19. The summed E-state index contributed by atoms with van der Waals surface area (Å²) in [5.74, 6) is 0.668. The normalized spacial score (nSPS) is 12.1. The molecule has 0 aliphatic carbocycles. The molecule has 0 radical (unpaired) electrons. The summed E-state index contributed by atoms with van der Waals surface area (Å²) >= 11 is 4.64. The highest BCUT2D eigenvalue weighted by Gasteiger charge is 1.97. The fraction of sp³-hybridized carbons (Fsp3) is 0.200. The monoisotopic (exact) mass is 250 g/mol. The highest BCUT2D eigenvalue weighted by Crippen LogP contribution is 1.99. The predicted octanol–water partition coefficient (Wildman–Crippen LogP) is 1.08. The molecule has 0 unspecified atom stereocenters. The van der Waals surface area contributed by atoms with Crippen LogP contribution in [0.3, 0.4) is 0 Å². The van der Waals surface area contributed by atoms with Crippen LogP contribution in [-0.2, 0) is 0 Å². The molecule has 7 heteroatoms. The molecular weight excluding hydrogens is 236 g/mol. The van der Waals surface area contributed by atoms with Crippen molar-refractivity contribution in [3.63, 3.8) is 0 Å². The summed E-state index contributed by atoms with van der Waals surface area (Å²) in [4.78, 5) is 4.07. The van der Waals surface area contributed by atoms with E-state index in [1.807, 2.05) is 25.1 Å². The molecule has 1 heterocycles. The van der Waals surface area contributed by atoms with E-state index in [-0.39, 0.29) is 5.11 Å². The van der Waals surface area contributed by atoms with Crippen LogP contribution < -0.4 is 16.6 Å². The van der Waals surface area contributed by atoms with Crippen LogP contribution in [0.4, 0.5) is 5.82 Å². The lowest BCUT2D eigenvalue weighted by Crippen LogP contribution is -2.26. The fourth-order valence-electron chi connectivity index (χ4n) is 0.871. The van der Waals surface area contributed by atoms with Crippen molar-refractivity contribution in [2.24, 2.45) is 15.9 Å². The van der Waals surface area contributed by atoms with Crippen molar-refractivity contribution in [2.45, 2.75) is 13.8 Å². The van der Waals surface area contributed by atoms with Crippen LogP contribution in [-0.4, -0.2) is 21.5 Å². The van der Waals surface area contributed by atoms with E-state index < -0.39 is 0 Å². The molecule has 0 aliphatic rings. The zero-order valence-corrected chi connectivity index (χ0v) is 10.5. The van der Waals surface area contributed by atoms with E-state index >= 15 is 0 Å². The Balaban J connectivity index is 2.60. The van der Waals surface area contributed by atoms with E-state index in [9.17, 15) is 0 Å². The Hall–Kier alpha value is -2.02. The van der Waals surface area contributed by atoms with Crippen LogP contribution in [0.5, 0.6) is 0 Å². The average molecular weight is 250 g/mol. The van der Waals surface area contributed by atoms with E-state index in [4.69, 9.17) is 5.73 Å². The molecule has 17 heavy (non-hydrogen) atoms. The van der Waals surface area contributed by atoms with E-state index in [0.717, 1.165) is 0 Å². The summed E-state index contributed by atoms with van der Waals surface area (Å²) in [6.45, 7) is 3.61. The van der Waals surface area contributed by atoms with Crippen LogP contribution in [0.15, 0.2) is 34.6 Å². The molecule has 1 aromatic heterocycles. The molecular formula is C10H14N6S. The molecule has 0 amide bonds. The second kappa shape index (κ2) is 6.54. The maximum atomic E-state index is 5.25. The zero-order valence-electron chi connectivity index (χ0n) is 9.64. The Morgan fingerprint density at radius 1 is 1.29 bits per heavy atom. The van der Waals surface area contributed by atoms with Gasteiger partial charge in [-0.2, -0.15) is 10.2 Å². The first-order valence-electron chi connectivity index (χ1n) is 4.91. The van der Waals surface area contributed by atoms with E-state index in [0.29, 0.717) is 17.2 Å². The largest absolute Gasteiger partial charge is 0.375 e. The van der Waals surface area contributed by atoms with Crippen molar-refractivity contribution in [3.8, 4) is 0 Å². The lowest BCUT2D eigenvalue weighted by Gasteiger charge is -2.02. The fourth-order valence-corrected chi connectivity index (χ4v) is 0.916. The number of hydrogen-bond acceptors (Lipinski definition) is 5. The summed E-state index contributed by atoms with van der Waals surface area (Å²) < 4.78 is 0. The van der Waals surface area contributed by atoms with Gasteiger partial charge in [0.25, 0.3) is 0 Å². The summed E-state index contributed by atoms with van der Waals surface area (Å²) in [5.41, 5.74) is 12.0. The SMILES string of the molecule is CC(=NNC(N)=S)C(C)=NNc1ccccn1. The number of hydrazone groups is 2. The average Bonchev–Trinajstić information content (AvgIpc) is 2.34. The minimum absolute atomic E-state index is 0.120. The van der Waals surface area contributed by atoms with Gasteiger partial charge in [0.05, 0.1) is 11.4 Å². The Morgan fingerprint density at radius 2 is 2.00 bits per heavy atom. The molecule has 0 spiro atoms. The number of nitrogens with one attached hydrogen (secondary N) is 2. The van der Waals surface area contributed by atoms with E-state index in [1.54, 1.807) is 13.1 Å². The van der Waals surface area contributed by atoms with Gasteiger partial charge >= 0.3 is 0 Å². The second-order valence-corrected chi connectivity index (χ2v) is 3.64. The van der Waals surface area contributed by atoms with Gasteiger partial charge in [-0.3, -0.25) is 10.9 Å². The Bertz CT molecular complexity index is 439. The van der Waals surface area contributed by atoms with Crippen molar-refractivity contribution >= 4 is 34.6 Å². The Kier molecular flexibility index (Phi) is 5.02. The summed E-state index contributed by atoms with van der Waals surface area (Å²) in [6, 6.07) is 5.52. The number of rotatable bonds is 4. The van der Waals surface area contributed by atoms with Gasteiger partial charge in [0.15, 0.2) is 5.11 Å². The molecule has 0 saturated heterocycles. The number of pyridine rings is 1. The smallest absolute Gasteiger partial charge is 0.184 e. The van der Waals surface area contributed by atoms with Gasteiger partial charge in [-0.15, -0.1) is 0 Å². The molecule has 0 bridgehead atoms. The zero-order chi connectivity index (χ0) is 12.7. The maximum Gasteiger partial charge on any atom is 0.184 e. The van der Waals surface area contributed by atoms with Gasteiger partial charge in [0.1, 0.15) is 5.82 Å². The number of thiocarbonyl (C=S) groups is 1. The first-order chi connectivity index (χ1) is 8.09. The van der Waals surface area contributed by atoms with E-state index in [2.05, 4.69) is 38.3 Å². The Morgan fingerprint density at radius 3 is 2.59 bits per heavy atom. The number of hydrogen-bond donors (Lipinski definition) is 3. The summed E-state index contributed by atoms with van der Waals surface area (Å²) in [6.07, 6.45) is 1.68. The lowest BCUT2D eigenvalue weighted by molar-refractivity contribution is 1.03. The molecule has 1 aromatic rings. The van der Waals surface area contributed by atoms with Gasteiger partial charge < -0.3 is 5.73 Å². The number of nitrogens with two attached hydrogens (primary N) is 1. The second-order valence-electron chi connectivity index (χ2n) is 3.20. The van der Waals surface area contributed by atoms with Crippen molar-refractivity contribution in [2.75, 3.05) is 5.43 Å². The lowest BCUT2D eigenvalue weighted by atomic mass is 10.3. The molecule has 1 rings (SSSR count). The Labute approximate surface area is 105 Å². The quantitative estimate of drug-likeness (QED) is 0.423. The standard InChI is InChI=1S/C10H14N6S/c1-7(8(2)14-16-10(11)17)13-15-9-5-3-4-6-12-9/h3-6H,1-2H3,(H,12,15)(H3,11,16,17). The van der Waals surface area contributed by atoms with E-state index in [1.165, 1.54) is 0 Å². The third kappa shape index (κ3) is 5.03. The first kappa shape index (κ1) is 13.0. The number of anilines is 1. The van der Waals surface area contributed by atoms with Crippen LogP contribution in [0.1, 0.15) is 13.8 Å². The molecule has 90 valence electrons.